The molecule has 3 aromatic carbocycles. The van der Waals surface area contributed by atoms with Crippen molar-refractivity contribution < 1.29 is 17.9 Å². The van der Waals surface area contributed by atoms with Gasteiger partial charge in [0.1, 0.15) is 10.6 Å². The van der Waals surface area contributed by atoms with Crippen LogP contribution in [0.25, 0.3) is 0 Å². The Balaban J connectivity index is 1.83. The summed E-state index contributed by atoms with van der Waals surface area (Å²) in [6, 6.07) is 18.4. The molecule has 0 aliphatic rings. The number of ether oxygens (including phenoxy) is 1. The van der Waals surface area contributed by atoms with Crippen LogP contribution in [-0.4, -0.2) is 33.4 Å². The molecule has 6 nitrogen and oxygen atoms in total. The molecule has 0 spiro atoms. The van der Waals surface area contributed by atoms with Crippen LogP contribution in [0.5, 0.6) is 5.75 Å². The molecule has 0 radical (unpaired) electrons. The number of sulfonamides is 1. The molecular formula is C23H22Cl2N2O4S. The summed E-state index contributed by atoms with van der Waals surface area (Å²) in [5.41, 5.74) is 1.74. The molecule has 0 bridgehead atoms. The quantitative estimate of drug-likeness (QED) is 0.492. The molecule has 0 saturated heterocycles. The Labute approximate surface area is 197 Å². The Morgan fingerprint density at radius 1 is 1.03 bits per heavy atom. The van der Waals surface area contributed by atoms with Crippen LogP contribution in [0.4, 0.5) is 0 Å². The molecule has 0 aromatic heterocycles. The van der Waals surface area contributed by atoms with Crippen LogP contribution < -0.4 is 9.46 Å². The Bertz CT molecular complexity index is 1210. The van der Waals surface area contributed by atoms with E-state index in [9.17, 15) is 13.2 Å². The Morgan fingerprint density at radius 3 is 2.38 bits per heavy atom. The Hall–Kier alpha value is -2.58. The minimum absolute atomic E-state index is 0.0627. The molecule has 0 aliphatic heterocycles. The first kappa shape index (κ1) is 24.1. The maximum atomic E-state index is 13.0. The maximum Gasteiger partial charge on any atom is 0.253 e. The molecular weight excluding hydrogens is 471 g/mol. The van der Waals surface area contributed by atoms with Crippen LogP contribution in [0.3, 0.4) is 0 Å². The minimum Gasteiger partial charge on any atom is -0.495 e. The average Bonchev–Trinajstić information content (AvgIpc) is 2.79. The summed E-state index contributed by atoms with van der Waals surface area (Å²) in [6.45, 7) is 0.342. The van der Waals surface area contributed by atoms with Gasteiger partial charge in [-0.05, 0) is 47.5 Å². The van der Waals surface area contributed by atoms with E-state index in [0.717, 1.165) is 11.1 Å². The first-order valence-corrected chi connectivity index (χ1v) is 11.9. The van der Waals surface area contributed by atoms with Gasteiger partial charge in [0.2, 0.25) is 10.0 Å². The Morgan fingerprint density at radius 2 is 1.72 bits per heavy atom. The second kappa shape index (κ2) is 10.4. The van der Waals surface area contributed by atoms with Gasteiger partial charge in [-0.1, -0.05) is 53.5 Å². The number of carbonyl (C=O) groups is 1. The van der Waals surface area contributed by atoms with E-state index in [0.29, 0.717) is 10.0 Å². The molecule has 0 unspecified atom stereocenters. The number of nitrogens with one attached hydrogen (secondary N) is 1. The highest BCUT2D eigenvalue weighted by Crippen LogP contribution is 2.26. The lowest BCUT2D eigenvalue weighted by Gasteiger charge is -2.19. The number of hydrogen-bond acceptors (Lipinski definition) is 4. The van der Waals surface area contributed by atoms with Crippen LogP contribution in [0, 0.1) is 0 Å². The number of methoxy groups -OCH3 is 1. The SMILES string of the molecule is COc1ccc(C(=O)N(C)Cc2ccccc2Cl)cc1S(=O)(=O)NCc1ccc(Cl)cc1. The van der Waals surface area contributed by atoms with Gasteiger partial charge in [0, 0.05) is 35.7 Å². The van der Waals surface area contributed by atoms with Gasteiger partial charge in [0.05, 0.1) is 7.11 Å². The fraction of sp³-hybridized carbons (Fsp3) is 0.174. The van der Waals surface area contributed by atoms with E-state index in [1.807, 2.05) is 18.2 Å². The molecule has 168 valence electrons. The van der Waals surface area contributed by atoms with Crippen molar-refractivity contribution in [3.63, 3.8) is 0 Å². The van der Waals surface area contributed by atoms with Crippen molar-refractivity contribution in [3.05, 3.63) is 93.5 Å². The van der Waals surface area contributed by atoms with Gasteiger partial charge in [-0.25, -0.2) is 13.1 Å². The highest BCUT2D eigenvalue weighted by atomic mass is 35.5. The fourth-order valence-corrected chi connectivity index (χ4v) is 4.58. The number of nitrogens with zero attached hydrogens (tertiary/aromatic N) is 1. The molecule has 0 atom stereocenters. The number of hydrogen-bond donors (Lipinski definition) is 1. The van der Waals surface area contributed by atoms with Crippen molar-refractivity contribution in [1.29, 1.82) is 0 Å². The van der Waals surface area contributed by atoms with E-state index in [4.69, 9.17) is 27.9 Å². The van der Waals surface area contributed by atoms with Gasteiger partial charge in [-0.3, -0.25) is 4.79 Å². The predicted octanol–water partition coefficient (Wildman–Crippen LogP) is 4.75. The first-order valence-electron chi connectivity index (χ1n) is 9.62. The molecule has 1 amide bonds. The molecule has 3 aromatic rings. The molecule has 1 N–H and O–H groups in total. The first-order chi connectivity index (χ1) is 15.2. The summed E-state index contributed by atoms with van der Waals surface area (Å²) in [6.07, 6.45) is 0. The lowest BCUT2D eigenvalue weighted by Crippen LogP contribution is -2.27. The predicted molar refractivity (Wildman–Crippen MR) is 126 cm³/mol. The summed E-state index contributed by atoms with van der Waals surface area (Å²) in [7, 11) is -0.957. The van der Waals surface area contributed by atoms with Gasteiger partial charge in [0.15, 0.2) is 0 Å². The zero-order valence-corrected chi connectivity index (χ0v) is 19.8. The summed E-state index contributed by atoms with van der Waals surface area (Å²) < 4.78 is 33.7. The van der Waals surface area contributed by atoms with Crippen molar-refractivity contribution in [2.45, 2.75) is 18.0 Å². The van der Waals surface area contributed by atoms with E-state index < -0.39 is 10.0 Å². The van der Waals surface area contributed by atoms with Crippen molar-refractivity contribution in [1.82, 2.24) is 9.62 Å². The van der Waals surface area contributed by atoms with Crippen molar-refractivity contribution >= 4 is 39.1 Å². The van der Waals surface area contributed by atoms with E-state index in [1.165, 1.54) is 30.2 Å². The molecule has 0 aliphatic carbocycles. The van der Waals surface area contributed by atoms with Crippen LogP contribution in [0.1, 0.15) is 21.5 Å². The lowest BCUT2D eigenvalue weighted by molar-refractivity contribution is 0.0785. The largest absolute Gasteiger partial charge is 0.495 e. The van der Waals surface area contributed by atoms with Crippen LogP contribution >= 0.6 is 23.2 Å². The Kier molecular flexibility index (Phi) is 7.79. The van der Waals surface area contributed by atoms with Gasteiger partial charge >= 0.3 is 0 Å². The van der Waals surface area contributed by atoms with Crippen LogP contribution in [0.2, 0.25) is 10.0 Å². The van der Waals surface area contributed by atoms with E-state index in [2.05, 4.69) is 4.72 Å². The number of rotatable bonds is 8. The molecule has 0 saturated carbocycles. The van der Waals surface area contributed by atoms with Crippen LogP contribution in [0.15, 0.2) is 71.6 Å². The number of amides is 1. The van der Waals surface area contributed by atoms with Gasteiger partial charge < -0.3 is 9.64 Å². The molecule has 9 heteroatoms. The van der Waals surface area contributed by atoms with Crippen molar-refractivity contribution in [2.24, 2.45) is 0 Å². The summed E-state index contributed by atoms with van der Waals surface area (Å²) in [5, 5.41) is 1.11. The second-order valence-corrected chi connectivity index (χ2v) is 9.65. The third-order valence-electron chi connectivity index (χ3n) is 4.79. The zero-order valence-electron chi connectivity index (χ0n) is 17.5. The lowest BCUT2D eigenvalue weighted by atomic mass is 10.1. The molecule has 3 rings (SSSR count). The highest BCUT2D eigenvalue weighted by molar-refractivity contribution is 7.89. The zero-order chi connectivity index (χ0) is 23.3. The third kappa shape index (κ3) is 5.81. The molecule has 32 heavy (non-hydrogen) atoms. The van der Waals surface area contributed by atoms with Crippen molar-refractivity contribution in [3.8, 4) is 5.75 Å². The third-order valence-corrected chi connectivity index (χ3v) is 6.83. The van der Waals surface area contributed by atoms with E-state index >= 15 is 0 Å². The van der Waals surface area contributed by atoms with Gasteiger partial charge in [-0.2, -0.15) is 0 Å². The standard InChI is InChI=1S/C23H22Cl2N2O4S/c1-27(15-18-5-3-4-6-20(18)25)23(28)17-9-12-21(31-2)22(13-17)32(29,30)26-14-16-7-10-19(24)11-8-16/h3-13,26H,14-15H2,1-2H3. The summed E-state index contributed by atoms with van der Waals surface area (Å²) in [4.78, 5) is 14.3. The number of carbonyl (C=O) groups excluding carboxylic acids is 1. The summed E-state index contributed by atoms with van der Waals surface area (Å²) >= 11 is 12.1. The maximum absolute atomic E-state index is 13.0. The van der Waals surface area contributed by atoms with E-state index in [1.54, 1.807) is 37.4 Å². The second-order valence-electron chi connectivity index (χ2n) is 7.07. The van der Waals surface area contributed by atoms with Gasteiger partial charge in [0.25, 0.3) is 5.91 Å². The normalized spacial score (nSPS) is 11.2. The smallest absolute Gasteiger partial charge is 0.253 e. The number of benzene rings is 3. The summed E-state index contributed by atoms with van der Waals surface area (Å²) in [5.74, 6) is -0.208. The number of halogens is 2. The van der Waals surface area contributed by atoms with Crippen LogP contribution in [-0.2, 0) is 23.1 Å². The van der Waals surface area contributed by atoms with Gasteiger partial charge in [-0.15, -0.1) is 0 Å². The monoisotopic (exact) mass is 492 g/mol. The fourth-order valence-electron chi connectivity index (χ4n) is 3.05. The highest BCUT2D eigenvalue weighted by Gasteiger charge is 2.23. The minimum atomic E-state index is -3.96. The molecule has 0 heterocycles. The topological polar surface area (TPSA) is 75.7 Å². The van der Waals surface area contributed by atoms with Crippen molar-refractivity contribution in [2.75, 3.05) is 14.2 Å². The molecule has 0 fully saturated rings. The average molecular weight is 493 g/mol. The van der Waals surface area contributed by atoms with E-state index in [-0.39, 0.29) is 35.2 Å².